The highest BCUT2D eigenvalue weighted by Gasteiger charge is 2.23. The molecule has 1 unspecified atom stereocenters. The molecule has 152 valence electrons. The van der Waals surface area contributed by atoms with Gasteiger partial charge in [0, 0.05) is 38.1 Å². The summed E-state index contributed by atoms with van der Waals surface area (Å²) in [5, 5.41) is 8.32. The highest BCUT2D eigenvalue weighted by molar-refractivity contribution is 5.91. The van der Waals surface area contributed by atoms with Crippen LogP contribution in [0.15, 0.2) is 59.5 Å². The number of hydrogen-bond acceptors (Lipinski definition) is 5. The molecule has 3 N–H and O–H groups in total. The van der Waals surface area contributed by atoms with Crippen LogP contribution in [0, 0.1) is 0 Å². The topological polar surface area (TPSA) is 110 Å². The maximum Gasteiger partial charge on any atom is 0.315 e. The van der Waals surface area contributed by atoms with E-state index in [1.807, 2.05) is 42.1 Å². The molecule has 29 heavy (non-hydrogen) atoms. The molecule has 1 atom stereocenters. The number of carbonyl (C=O) groups excluding carboxylic acids is 2. The fraction of sp³-hybridized carbons (Fsp3) is 0.250. The molecule has 0 saturated carbocycles. The first-order valence-corrected chi connectivity index (χ1v) is 9.06. The van der Waals surface area contributed by atoms with Gasteiger partial charge in [-0.25, -0.2) is 9.78 Å². The van der Waals surface area contributed by atoms with Crippen LogP contribution in [0.25, 0.3) is 0 Å². The van der Waals surface area contributed by atoms with Crippen molar-refractivity contribution in [2.45, 2.75) is 6.04 Å². The minimum absolute atomic E-state index is 0.223. The smallest absolute Gasteiger partial charge is 0.315 e. The molecule has 2 heterocycles. The molecule has 0 bridgehead atoms. The number of nitrogens with zero attached hydrogens (tertiary/aromatic N) is 2. The standard InChI is InChI=1S/C20H23N5O4/c1-25-12-11-21-18(25)17(14-6-3-4-7-15(14)28-2)24-20(27)23-10-9-22-19(26)16-8-5-13-29-16/h3-8,11-13,17H,9-10H2,1-2H3,(H,22,26)(H2,23,24,27). The van der Waals surface area contributed by atoms with Crippen LogP contribution < -0.4 is 20.7 Å². The molecule has 2 aromatic heterocycles. The lowest BCUT2D eigenvalue weighted by atomic mass is 10.0. The van der Waals surface area contributed by atoms with E-state index in [-0.39, 0.29) is 24.8 Å². The molecule has 0 aliphatic rings. The van der Waals surface area contributed by atoms with Crippen molar-refractivity contribution in [1.29, 1.82) is 0 Å². The van der Waals surface area contributed by atoms with Crippen LogP contribution in [0.4, 0.5) is 4.79 Å². The quantitative estimate of drug-likeness (QED) is 0.503. The Bertz CT molecular complexity index is 951. The van der Waals surface area contributed by atoms with Crippen LogP contribution in [0.1, 0.15) is 28.0 Å². The molecular formula is C20H23N5O4. The number of imidazole rings is 1. The molecule has 0 saturated heterocycles. The molecule has 3 rings (SSSR count). The Morgan fingerprint density at radius 3 is 2.66 bits per heavy atom. The summed E-state index contributed by atoms with van der Waals surface area (Å²) in [6.45, 7) is 0.506. The predicted octanol–water partition coefficient (Wildman–Crippen LogP) is 1.84. The van der Waals surface area contributed by atoms with Crippen molar-refractivity contribution in [3.63, 3.8) is 0 Å². The number of ether oxygens (including phenoxy) is 1. The number of urea groups is 1. The number of carbonyl (C=O) groups is 2. The van der Waals surface area contributed by atoms with Crippen molar-refractivity contribution in [2.24, 2.45) is 7.05 Å². The Morgan fingerprint density at radius 2 is 1.97 bits per heavy atom. The van der Waals surface area contributed by atoms with Gasteiger partial charge in [0.15, 0.2) is 5.76 Å². The first-order valence-electron chi connectivity index (χ1n) is 9.06. The summed E-state index contributed by atoms with van der Waals surface area (Å²) in [5.74, 6) is 1.19. The number of hydrogen-bond donors (Lipinski definition) is 3. The normalized spacial score (nSPS) is 11.5. The van der Waals surface area contributed by atoms with E-state index in [2.05, 4.69) is 20.9 Å². The van der Waals surface area contributed by atoms with Crippen LogP contribution in [-0.2, 0) is 7.05 Å². The van der Waals surface area contributed by atoms with Gasteiger partial charge < -0.3 is 29.7 Å². The molecule has 0 fully saturated rings. The fourth-order valence-electron chi connectivity index (χ4n) is 2.87. The molecule has 0 aliphatic carbocycles. The van der Waals surface area contributed by atoms with Gasteiger partial charge in [0.2, 0.25) is 0 Å². The van der Waals surface area contributed by atoms with Crippen molar-refractivity contribution in [2.75, 3.05) is 20.2 Å². The molecule has 0 aliphatic heterocycles. The minimum Gasteiger partial charge on any atom is -0.496 e. The Hall–Kier alpha value is -3.75. The third-order valence-electron chi connectivity index (χ3n) is 4.28. The summed E-state index contributed by atoms with van der Waals surface area (Å²) in [4.78, 5) is 28.7. The predicted molar refractivity (Wildman–Crippen MR) is 106 cm³/mol. The van der Waals surface area contributed by atoms with Gasteiger partial charge in [-0.2, -0.15) is 0 Å². The van der Waals surface area contributed by atoms with Crippen LogP contribution in [0.5, 0.6) is 5.75 Å². The highest BCUT2D eigenvalue weighted by Crippen LogP contribution is 2.28. The van der Waals surface area contributed by atoms with Crippen molar-refractivity contribution in [3.05, 3.63) is 72.2 Å². The second kappa shape index (κ2) is 9.45. The first kappa shape index (κ1) is 20.0. The molecule has 3 aromatic rings. The number of para-hydroxylation sites is 1. The number of aryl methyl sites for hydroxylation is 1. The summed E-state index contributed by atoms with van der Waals surface area (Å²) in [5.41, 5.74) is 0.783. The SMILES string of the molecule is COc1ccccc1C(NC(=O)NCCNC(=O)c1ccco1)c1nccn1C. The van der Waals surface area contributed by atoms with Crippen LogP contribution >= 0.6 is 0 Å². The third kappa shape index (κ3) is 4.95. The third-order valence-corrected chi connectivity index (χ3v) is 4.28. The van der Waals surface area contributed by atoms with Gasteiger partial charge in [-0.1, -0.05) is 18.2 Å². The number of amides is 3. The van der Waals surface area contributed by atoms with Crippen molar-refractivity contribution in [1.82, 2.24) is 25.5 Å². The second-order valence-corrected chi connectivity index (χ2v) is 6.20. The van der Waals surface area contributed by atoms with Gasteiger partial charge in [0.05, 0.1) is 13.4 Å². The summed E-state index contributed by atoms with van der Waals surface area (Å²) in [7, 11) is 3.44. The summed E-state index contributed by atoms with van der Waals surface area (Å²) >= 11 is 0. The minimum atomic E-state index is -0.510. The van der Waals surface area contributed by atoms with E-state index in [0.29, 0.717) is 11.6 Å². The maximum absolute atomic E-state index is 12.5. The van der Waals surface area contributed by atoms with E-state index >= 15 is 0 Å². The number of methoxy groups -OCH3 is 1. The first-order chi connectivity index (χ1) is 14.1. The number of furan rings is 1. The molecular weight excluding hydrogens is 374 g/mol. The van der Waals surface area contributed by atoms with Gasteiger partial charge in [0.1, 0.15) is 17.6 Å². The van der Waals surface area contributed by atoms with E-state index in [9.17, 15) is 9.59 Å². The monoisotopic (exact) mass is 397 g/mol. The molecule has 1 aromatic carbocycles. The Morgan fingerprint density at radius 1 is 1.17 bits per heavy atom. The van der Waals surface area contributed by atoms with Crippen LogP contribution in [0.3, 0.4) is 0 Å². The van der Waals surface area contributed by atoms with Gasteiger partial charge in [-0.3, -0.25) is 4.79 Å². The molecule has 0 spiro atoms. The maximum atomic E-state index is 12.5. The van der Waals surface area contributed by atoms with E-state index in [4.69, 9.17) is 9.15 Å². The molecule has 9 nitrogen and oxygen atoms in total. The van der Waals surface area contributed by atoms with E-state index in [1.54, 1.807) is 25.4 Å². The Kier molecular flexibility index (Phi) is 6.51. The summed E-state index contributed by atoms with van der Waals surface area (Å²) in [6.07, 6.45) is 4.90. The van der Waals surface area contributed by atoms with Crippen LogP contribution in [0.2, 0.25) is 0 Å². The van der Waals surface area contributed by atoms with Crippen molar-refractivity contribution in [3.8, 4) is 5.75 Å². The van der Waals surface area contributed by atoms with Gasteiger partial charge in [-0.05, 0) is 18.2 Å². The lowest BCUT2D eigenvalue weighted by Crippen LogP contribution is -2.42. The zero-order chi connectivity index (χ0) is 20.6. The zero-order valence-electron chi connectivity index (χ0n) is 16.2. The van der Waals surface area contributed by atoms with Crippen molar-refractivity contribution < 1.29 is 18.7 Å². The fourth-order valence-corrected chi connectivity index (χ4v) is 2.87. The number of aromatic nitrogens is 2. The highest BCUT2D eigenvalue weighted by atomic mass is 16.5. The Labute approximate surface area is 168 Å². The summed E-state index contributed by atoms with van der Waals surface area (Å²) < 4.78 is 12.3. The number of rotatable bonds is 8. The average molecular weight is 397 g/mol. The lowest BCUT2D eigenvalue weighted by Gasteiger charge is -2.21. The van der Waals surface area contributed by atoms with Crippen molar-refractivity contribution >= 4 is 11.9 Å². The van der Waals surface area contributed by atoms with Gasteiger partial charge in [-0.15, -0.1) is 0 Å². The van der Waals surface area contributed by atoms with Crippen LogP contribution in [-0.4, -0.2) is 41.7 Å². The van der Waals surface area contributed by atoms with E-state index in [0.717, 1.165) is 5.56 Å². The lowest BCUT2D eigenvalue weighted by molar-refractivity contribution is 0.0926. The number of benzene rings is 1. The van der Waals surface area contributed by atoms with Gasteiger partial charge in [0.25, 0.3) is 5.91 Å². The van der Waals surface area contributed by atoms with E-state index in [1.165, 1.54) is 6.26 Å². The van der Waals surface area contributed by atoms with E-state index < -0.39 is 12.1 Å². The second-order valence-electron chi connectivity index (χ2n) is 6.20. The molecule has 0 radical (unpaired) electrons. The summed E-state index contributed by atoms with van der Waals surface area (Å²) in [6, 6.07) is 9.74. The molecule has 3 amide bonds. The largest absolute Gasteiger partial charge is 0.496 e. The zero-order valence-corrected chi connectivity index (χ0v) is 16.2. The molecule has 9 heteroatoms. The number of nitrogens with one attached hydrogen (secondary N) is 3. The van der Waals surface area contributed by atoms with Gasteiger partial charge >= 0.3 is 6.03 Å². The average Bonchev–Trinajstić information content (AvgIpc) is 3.41. The Balaban J connectivity index is 1.61.